The van der Waals surface area contributed by atoms with Crippen LogP contribution in [-0.2, 0) is 14.8 Å². The van der Waals surface area contributed by atoms with E-state index in [1.54, 1.807) is 18.2 Å². The zero-order chi connectivity index (χ0) is 18.6. The molecule has 9 heteroatoms. The monoisotopic (exact) mass is 403 g/mol. The zero-order valence-electron chi connectivity index (χ0n) is 14.8. The summed E-state index contributed by atoms with van der Waals surface area (Å²) in [5.41, 5.74) is 0. The lowest BCUT2D eigenvalue weighted by Crippen LogP contribution is -2.52. The first-order valence-corrected chi connectivity index (χ1v) is 10.7. The Bertz CT molecular complexity index is 689. The van der Waals surface area contributed by atoms with Gasteiger partial charge in [0.05, 0.1) is 24.3 Å². The van der Waals surface area contributed by atoms with Gasteiger partial charge in [0.25, 0.3) is 0 Å². The van der Waals surface area contributed by atoms with E-state index in [0.717, 1.165) is 13.1 Å². The molecule has 146 valence electrons. The maximum atomic E-state index is 12.8. The molecule has 1 aromatic rings. The summed E-state index contributed by atoms with van der Waals surface area (Å²) < 4.78 is 32.3. The number of hydrogen-bond acceptors (Lipinski definition) is 6. The molecule has 1 aromatic carbocycles. The van der Waals surface area contributed by atoms with Crippen molar-refractivity contribution in [2.45, 2.75) is 11.0 Å². The second-order valence-corrected chi connectivity index (χ2v) is 9.02. The van der Waals surface area contributed by atoms with Crippen molar-refractivity contribution in [2.24, 2.45) is 0 Å². The highest BCUT2D eigenvalue weighted by Gasteiger charge is 2.30. The Balaban J connectivity index is 1.50. The molecule has 2 saturated heterocycles. The highest BCUT2D eigenvalue weighted by molar-refractivity contribution is 7.89. The Kier molecular flexibility index (Phi) is 6.90. The smallest absolute Gasteiger partial charge is 0.244 e. The molecule has 3 rings (SSSR count). The molecule has 0 saturated carbocycles. The van der Waals surface area contributed by atoms with E-state index in [4.69, 9.17) is 16.3 Å². The maximum absolute atomic E-state index is 12.8. The fourth-order valence-electron chi connectivity index (χ4n) is 3.38. The second-order valence-electron chi connectivity index (χ2n) is 6.70. The summed E-state index contributed by atoms with van der Waals surface area (Å²) >= 11 is 6.06. The number of ether oxygens (including phenoxy) is 1. The van der Waals surface area contributed by atoms with Crippen LogP contribution < -0.4 is 0 Å². The minimum atomic E-state index is -3.58. The molecule has 2 aliphatic heterocycles. The van der Waals surface area contributed by atoms with Crippen LogP contribution in [0.1, 0.15) is 0 Å². The maximum Gasteiger partial charge on any atom is 0.244 e. The Labute approximate surface area is 160 Å². The van der Waals surface area contributed by atoms with Crippen molar-refractivity contribution in [3.05, 3.63) is 29.3 Å². The number of halogens is 1. The van der Waals surface area contributed by atoms with Gasteiger partial charge in [0.1, 0.15) is 4.90 Å². The molecule has 0 radical (unpaired) electrons. The van der Waals surface area contributed by atoms with E-state index in [9.17, 15) is 13.5 Å². The van der Waals surface area contributed by atoms with Crippen molar-refractivity contribution in [3.8, 4) is 0 Å². The highest BCUT2D eigenvalue weighted by atomic mass is 35.5. The molecule has 2 aliphatic rings. The van der Waals surface area contributed by atoms with Crippen LogP contribution in [0.3, 0.4) is 0 Å². The summed E-state index contributed by atoms with van der Waals surface area (Å²) in [5.74, 6) is 0. The molecule has 7 nitrogen and oxygen atoms in total. The van der Waals surface area contributed by atoms with Crippen molar-refractivity contribution in [1.82, 2.24) is 14.1 Å². The van der Waals surface area contributed by atoms with Gasteiger partial charge < -0.3 is 9.84 Å². The number of morpholine rings is 1. The molecular weight excluding hydrogens is 378 g/mol. The van der Waals surface area contributed by atoms with Crippen LogP contribution in [0, 0.1) is 0 Å². The summed E-state index contributed by atoms with van der Waals surface area (Å²) in [7, 11) is -3.58. The largest absolute Gasteiger partial charge is 0.390 e. The van der Waals surface area contributed by atoms with Gasteiger partial charge in [-0.05, 0) is 12.1 Å². The normalized spacial score (nSPS) is 22.4. The molecule has 0 spiro atoms. The zero-order valence-corrected chi connectivity index (χ0v) is 16.3. The molecule has 1 N–H and O–H groups in total. The molecule has 2 heterocycles. The number of piperazine rings is 1. The van der Waals surface area contributed by atoms with Gasteiger partial charge in [-0.1, -0.05) is 23.7 Å². The number of benzene rings is 1. The average molecular weight is 404 g/mol. The van der Waals surface area contributed by atoms with Crippen molar-refractivity contribution < 1.29 is 18.3 Å². The van der Waals surface area contributed by atoms with E-state index in [0.29, 0.717) is 52.5 Å². The van der Waals surface area contributed by atoms with Crippen molar-refractivity contribution in [3.63, 3.8) is 0 Å². The molecule has 26 heavy (non-hydrogen) atoms. The summed E-state index contributed by atoms with van der Waals surface area (Å²) in [6.45, 7) is 6.31. The molecule has 0 aromatic heterocycles. The Morgan fingerprint density at radius 2 is 1.58 bits per heavy atom. The minimum absolute atomic E-state index is 0.155. The van der Waals surface area contributed by atoms with Crippen LogP contribution >= 0.6 is 11.6 Å². The van der Waals surface area contributed by atoms with Gasteiger partial charge in [0.2, 0.25) is 10.0 Å². The Hall–Kier alpha value is -0.740. The Morgan fingerprint density at radius 1 is 1.00 bits per heavy atom. The number of β-amino-alcohol motifs (C(OH)–C–C–N with tert-alkyl or cyclic N) is 1. The highest BCUT2D eigenvalue weighted by Crippen LogP contribution is 2.25. The van der Waals surface area contributed by atoms with Crippen molar-refractivity contribution >= 4 is 21.6 Å². The van der Waals surface area contributed by atoms with Gasteiger partial charge in [-0.2, -0.15) is 4.31 Å². The summed E-state index contributed by atoms with van der Waals surface area (Å²) in [6, 6.07) is 6.52. The van der Waals surface area contributed by atoms with E-state index in [2.05, 4.69) is 9.80 Å². The third-order valence-corrected chi connectivity index (χ3v) is 7.23. The predicted octanol–water partition coefficient (Wildman–Crippen LogP) is 0.339. The topological polar surface area (TPSA) is 73.3 Å². The number of sulfonamides is 1. The van der Waals surface area contributed by atoms with E-state index >= 15 is 0 Å². The van der Waals surface area contributed by atoms with Crippen LogP contribution in [0.5, 0.6) is 0 Å². The van der Waals surface area contributed by atoms with E-state index in [1.165, 1.54) is 10.4 Å². The van der Waals surface area contributed by atoms with Gasteiger partial charge in [-0.3, -0.25) is 9.80 Å². The number of rotatable bonds is 6. The number of hydrogen-bond donors (Lipinski definition) is 1. The van der Waals surface area contributed by atoms with Crippen LogP contribution in [0.2, 0.25) is 5.02 Å². The SMILES string of the molecule is O=S(=O)(c1ccccc1Cl)N1CCN(CC(O)CN2CCOCC2)CC1. The molecule has 1 atom stereocenters. The fourth-order valence-corrected chi connectivity index (χ4v) is 5.30. The van der Waals surface area contributed by atoms with Crippen LogP contribution in [-0.4, -0.2) is 99.3 Å². The first-order valence-electron chi connectivity index (χ1n) is 8.92. The van der Waals surface area contributed by atoms with E-state index < -0.39 is 16.1 Å². The first kappa shape index (κ1) is 20.0. The lowest BCUT2D eigenvalue weighted by Gasteiger charge is -2.36. The number of aliphatic hydroxyl groups excluding tert-OH is 1. The number of aliphatic hydroxyl groups is 1. The lowest BCUT2D eigenvalue weighted by molar-refractivity contribution is 0.00469. The van der Waals surface area contributed by atoms with E-state index in [1.807, 2.05) is 0 Å². The summed E-state index contributed by atoms with van der Waals surface area (Å²) in [4.78, 5) is 4.47. The molecule has 0 aliphatic carbocycles. The van der Waals surface area contributed by atoms with Gasteiger partial charge >= 0.3 is 0 Å². The molecular formula is C17H26ClN3O4S. The van der Waals surface area contributed by atoms with Gasteiger partial charge in [0, 0.05) is 52.4 Å². The predicted molar refractivity (Wildman–Crippen MR) is 99.9 cm³/mol. The quantitative estimate of drug-likeness (QED) is 0.738. The van der Waals surface area contributed by atoms with Crippen LogP contribution in [0.15, 0.2) is 29.2 Å². The standard InChI is InChI=1S/C17H26ClN3O4S/c18-16-3-1-2-4-17(16)26(23,24)21-7-5-19(6-8-21)13-15(22)14-20-9-11-25-12-10-20/h1-4,15,22H,5-14H2. The van der Waals surface area contributed by atoms with Gasteiger partial charge in [-0.25, -0.2) is 8.42 Å². The van der Waals surface area contributed by atoms with Crippen molar-refractivity contribution in [1.29, 1.82) is 0 Å². The summed E-state index contributed by atoms with van der Waals surface area (Å²) in [5, 5.41) is 10.6. The van der Waals surface area contributed by atoms with Crippen LogP contribution in [0.4, 0.5) is 0 Å². The molecule has 2 fully saturated rings. The average Bonchev–Trinajstić information content (AvgIpc) is 2.63. The molecule has 0 bridgehead atoms. The first-order chi connectivity index (χ1) is 12.5. The van der Waals surface area contributed by atoms with Gasteiger partial charge in [-0.15, -0.1) is 0 Å². The third-order valence-electron chi connectivity index (χ3n) is 4.83. The minimum Gasteiger partial charge on any atom is -0.390 e. The van der Waals surface area contributed by atoms with Gasteiger partial charge in [0.15, 0.2) is 0 Å². The fraction of sp³-hybridized carbons (Fsp3) is 0.647. The molecule has 0 amide bonds. The second kappa shape index (κ2) is 8.97. The number of nitrogens with zero attached hydrogens (tertiary/aromatic N) is 3. The van der Waals surface area contributed by atoms with E-state index in [-0.39, 0.29) is 9.92 Å². The van der Waals surface area contributed by atoms with Crippen molar-refractivity contribution in [2.75, 3.05) is 65.6 Å². The van der Waals surface area contributed by atoms with Crippen LogP contribution in [0.25, 0.3) is 0 Å². The summed E-state index contributed by atoms with van der Waals surface area (Å²) in [6.07, 6.45) is -0.445. The molecule has 1 unspecified atom stereocenters. The Morgan fingerprint density at radius 3 is 2.19 bits per heavy atom. The third kappa shape index (κ3) is 4.95. The lowest BCUT2D eigenvalue weighted by atomic mass is 10.2.